The topological polar surface area (TPSA) is 46.2 Å². The van der Waals surface area contributed by atoms with E-state index in [1.54, 1.807) is 28.4 Å². The van der Waals surface area contributed by atoms with Crippen LogP contribution < -0.4 is 0 Å². The first-order chi connectivity index (χ1) is 7.19. The van der Waals surface area contributed by atoms with Crippen LogP contribution in [0, 0.1) is 0 Å². The lowest BCUT2D eigenvalue weighted by atomic mass is 9.99. The second-order valence-corrected chi connectivity index (χ2v) is 3.55. The molecule has 0 aliphatic carbocycles. The average molecular weight is 220 g/mol. The van der Waals surface area contributed by atoms with Crippen molar-refractivity contribution in [1.82, 2.24) is 0 Å². The number of methoxy groups -OCH3 is 4. The summed E-state index contributed by atoms with van der Waals surface area (Å²) in [4.78, 5) is 0. The molecule has 90 valence electrons. The van der Waals surface area contributed by atoms with Crippen molar-refractivity contribution < 1.29 is 23.7 Å². The second-order valence-electron chi connectivity index (χ2n) is 3.55. The van der Waals surface area contributed by atoms with E-state index in [1.807, 2.05) is 6.92 Å². The van der Waals surface area contributed by atoms with Crippen molar-refractivity contribution in [3.8, 4) is 0 Å². The fourth-order valence-corrected chi connectivity index (χ4v) is 2.00. The quantitative estimate of drug-likeness (QED) is 0.687. The van der Waals surface area contributed by atoms with Gasteiger partial charge in [0.05, 0.1) is 6.10 Å². The maximum atomic E-state index is 5.62. The van der Waals surface area contributed by atoms with E-state index in [9.17, 15) is 0 Å². The van der Waals surface area contributed by atoms with Gasteiger partial charge in [0.25, 0.3) is 0 Å². The fraction of sp³-hybridized carbons (Fsp3) is 1.00. The maximum absolute atomic E-state index is 5.62. The summed E-state index contributed by atoms with van der Waals surface area (Å²) in [6.07, 6.45) is -1.11. The van der Waals surface area contributed by atoms with Crippen molar-refractivity contribution in [3.63, 3.8) is 0 Å². The van der Waals surface area contributed by atoms with Crippen molar-refractivity contribution in [1.29, 1.82) is 0 Å². The van der Waals surface area contributed by atoms with Crippen molar-refractivity contribution in [3.05, 3.63) is 0 Å². The van der Waals surface area contributed by atoms with Crippen LogP contribution >= 0.6 is 0 Å². The first-order valence-electron chi connectivity index (χ1n) is 4.96. The SMILES string of the molecule is COC1C(OC)[C@@H](OC)C(C)O[C@H]1OC. The number of rotatable bonds is 4. The van der Waals surface area contributed by atoms with Crippen molar-refractivity contribution >= 4 is 0 Å². The normalized spacial score (nSPS) is 41.8. The molecule has 1 aliphatic heterocycles. The van der Waals surface area contributed by atoms with Crippen LogP contribution in [0.1, 0.15) is 6.92 Å². The van der Waals surface area contributed by atoms with Gasteiger partial charge in [-0.1, -0.05) is 0 Å². The first-order valence-corrected chi connectivity index (χ1v) is 4.96. The zero-order chi connectivity index (χ0) is 11.4. The van der Waals surface area contributed by atoms with Crippen LogP contribution in [0.4, 0.5) is 0 Å². The van der Waals surface area contributed by atoms with Gasteiger partial charge in [0.15, 0.2) is 6.29 Å². The molecular weight excluding hydrogens is 200 g/mol. The average Bonchev–Trinajstić information content (AvgIpc) is 2.27. The Hall–Kier alpha value is -0.200. The van der Waals surface area contributed by atoms with E-state index in [0.29, 0.717) is 0 Å². The highest BCUT2D eigenvalue weighted by atomic mass is 16.7. The van der Waals surface area contributed by atoms with E-state index in [0.717, 1.165) is 0 Å². The summed E-state index contributed by atoms with van der Waals surface area (Å²) >= 11 is 0. The summed E-state index contributed by atoms with van der Waals surface area (Å²) in [7, 11) is 6.46. The Kier molecular flexibility index (Phi) is 4.95. The van der Waals surface area contributed by atoms with Crippen LogP contribution in [0.5, 0.6) is 0 Å². The lowest BCUT2D eigenvalue weighted by molar-refractivity contribution is -0.298. The van der Waals surface area contributed by atoms with Gasteiger partial charge in [0.1, 0.15) is 18.3 Å². The molecule has 0 radical (unpaired) electrons. The van der Waals surface area contributed by atoms with Crippen LogP contribution in [0.15, 0.2) is 0 Å². The molecule has 0 saturated carbocycles. The molecule has 5 atom stereocenters. The molecule has 0 amide bonds. The molecule has 0 aromatic heterocycles. The molecule has 1 fully saturated rings. The van der Waals surface area contributed by atoms with E-state index >= 15 is 0 Å². The molecule has 1 rings (SSSR count). The molecule has 0 aromatic rings. The summed E-state index contributed by atoms with van der Waals surface area (Å²) < 4.78 is 26.9. The number of ether oxygens (including phenoxy) is 5. The van der Waals surface area contributed by atoms with Crippen molar-refractivity contribution in [2.24, 2.45) is 0 Å². The van der Waals surface area contributed by atoms with Crippen molar-refractivity contribution in [2.45, 2.75) is 37.6 Å². The lowest BCUT2D eigenvalue weighted by Crippen LogP contribution is -2.59. The Morgan fingerprint density at radius 1 is 0.733 bits per heavy atom. The summed E-state index contributed by atoms with van der Waals surface area (Å²) in [5.41, 5.74) is 0. The van der Waals surface area contributed by atoms with Gasteiger partial charge in [0.2, 0.25) is 0 Å². The number of hydrogen-bond donors (Lipinski definition) is 0. The molecule has 3 unspecified atom stereocenters. The monoisotopic (exact) mass is 220 g/mol. The summed E-state index contributed by atoms with van der Waals surface area (Å²) in [6, 6.07) is 0. The molecule has 0 aromatic carbocycles. The van der Waals surface area contributed by atoms with Gasteiger partial charge >= 0.3 is 0 Å². The molecule has 1 saturated heterocycles. The van der Waals surface area contributed by atoms with E-state index < -0.39 is 6.29 Å². The van der Waals surface area contributed by atoms with Crippen LogP contribution in [-0.2, 0) is 23.7 Å². The minimum atomic E-state index is -0.415. The van der Waals surface area contributed by atoms with Crippen molar-refractivity contribution in [2.75, 3.05) is 28.4 Å². The zero-order valence-corrected chi connectivity index (χ0v) is 9.93. The van der Waals surface area contributed by atoms with Gasteiger partial charge in [-0.3, -0.25) is 0 Å². The molecule has 0 N–H and O–H groups in total. The highest BCUT2D eigenvalue weighted by molar-refractivity contribution is 4.90. The Labute approximate surface area is 90.6 Å². The lowest BCUT2D eigenvalue weighted by Gasteiger charge is -2.43. The molecular formula is C10H20O5. The second kappa shape index (κ2) is 5.77. The number of hydrogen-bond acceptors (Lipinski definition) is 5. The molecule has 0 bridgehead atoms. The molecule has 1 heterocycles. The van der Waals surface area contributed by atoms with Crippen LogP contribution in [-0.4, -0.2) is 59.1 Å². The minimum Gasteiger partial charge on any atom is -0.376 e. The Balaban J connectivity index is 2.80. The van der Waals surface area contributed by atoms with E-state index in [-0.39, 0.29) is 24.4 Å². The highest BCUT2D eigenvalue weighted by Crippen LogP contribution is 2.26. The summed E-state index contributed by atoms with van der Waals surface area (Å²) in [5, 5.41) is 0. The molecule has 5 nitrogen and oxygen atoms in total. The first kappa shape index (κ1) is 12.9. The third-order valence-corrected chi connectivity index (χ3v) is 2.78. The van der Waals surface area contributed by atoms with E-state index in [1.165, 1.54) is 0 Å². The maximum Gasteiger partial charge on any atom is 0.186 e. The Morgan fingerprint density at radius 3 is 1.67 bits per heavy atom. The summed E-state index contributed by atoms with van der Waals surface area (Å²) in [5.74, 6) is 0. The fourth-order valence-electron chi connectivity index (χ4n) is 2.00. The van der Waals surface area contributed by atoms with Gasteiger partial charge in [-0.15, -0.1) is 0 Å². The highest BCUT2D eigenvalue weighted by Gasteiger charge is 2.45. The van der Waals surface area contributed by atoms with E-state index in [4.69, 9.17) is 23.7 Å². The molecule has 1 aliphatic rings. The Morgan fingerprint density at radius 2 is 1.27 bits per heavy atom. The predicted octanol–water partition coefficient (Wildman–Crippen LogP) is 0.423. The predicted molar refractivity (Wildman–Crippen MR) is 53.7 cm³/mol. The largest absolute Gasteiger partial charge is 0.376 e. The van der Waals surface area contributed by atoms with Gasteiger partial charge in [-0.25, -0.2) is 0 Å². The third-order valence-electron chi connectivity index (χ3n) is 2.78. The van der Waals surface area contributed by atoms with Crippen LogP contribution in [0.2, 0.25) is 0 Å². The van der Waals surface area contributed by atoms with Crippen LogP contribution in [0.25, 0.3) is 0 Å². The van der Waals surface area contributed by atoms with Crippen LogP contribution in [0.3, 0.4) is 0 Å². The van der Waals surface area contributed by atoms with Gasteiger partial charge in [-0.05, 0) is 6.92 Å². The van der Waals surface area contributed by atoms with Gasteiger partial charge < -0.3 is 23.7 Å². The molecule has 15 heavy (non-hydrogen) atoms. The van der Waals surface area contributed by atoms with Gasteiger partial charge in [-0.2, -0.15) is 0 Å². The summed E-state index contributed by atoms with van der Waals surface area (Å²) in [6.45, 7) is 1.93. The van der Waals surface area contributed by atoms with Gasteiger partial charge in [0, 0.05) is 28.4 Å². The minimum absolute atomic E-state index is 0.0868. The molecule has 0 spiro atoms. The van der Waals surface area contributed by atoms with E-state index in [2.05, 4.69) is 0 Å². The smallest absolute Gasteiger partial charge is 0.186 e. The third kappa shape index (κ3) is 2.49. The standard InChI is InChI=1S/C10H20O5/c1-6-7(11-2)8(12-3)9(13-4)10(14-5)15-6/h6-10H,1-5H3/t6?,7-,8?,9?,10+/m0/s1. The zero-order valence-electron chi connectivity index (χ0n) is 9.93. The Bertz CT molecular complexity index is 187. The molecule has 5 heteroatoms.